The van der Waals surface area contributed by atoms with Crippen LogP contribution in [0.4, 0.5) is 0 Å². The maximum atomic E-state index is 5.75. The third-order valence-corrected chi connectivity index (χ3v) is 6.13. The van der Waals surface area contributed by atoms with E-state index in [-0.39, 0.29) is 0 Å². The zero-order valence-electron chi connectivity index (χ0n) is 18.7. The number of benzene rings is 3. The highest BCUT2D eigenvalue weighted by molar-refractivity contribution is 5.78. The van der Waals surface area contributed by atoms with Crippen LogP contribution in [0.1, 0.15) is 35.1 Å². The van der Waals surface area contributed by atoms with E-state index in [0.29, 0.717) is 0 Å². The van der Waals surface area contributed by atoms with Crippen molar-refractivity contribution in [3.8, 4) is 22.6 Å². The fraction of sp³-hybridized carbons (Fsp3) is 0.286. The standard InChI is InChI=1S/C28H31NO2/c1-21-23(12-9-13-25(21)24-10-5-4-6-11-24)15-14-22-18-27(30-2)26(28(19-22)31-3)20-29-16-7-8-17-29/h4-6,9-15,18-19H,7-8,16-17,20H2,1-3H3/b15-14+. The third kappa shape index (κ3) is 4.83. The lowest BCUT2D eigenvalue weighted by atomic mass is 9.96. The average molecular weight is 414 g/mol. The minimum atomic E-state index is 0.870. The van der Waals surface area contributed by atoms with Crippen molar-refractivity contribution in [3.63, 3.8) is 0 Å². The Labute approximate surface area is 185 Å². The van der Waals surface area contributed by atoms with Gasteiger partial charge in [0.25, 0.3) is 0 Å². The number of ether oxygens (including phenoxy) is 2. The Morgan fingerprint density at radius 1 is 0.839 bits per heavy atom. The predicted octanol–water partition coefficient (Wildman–Crippen LogP) is 6.45. The topological polar surface area (TPSA) is 21.7 Å². The summed E-state index contributed by atoms with van der Waals surface area (Å²) in [4.78, 5) is 2.47. The highest BCUT2D eigenvalue weighted by Gasteiger charge is 2.18. The van der Waals surface area contributed by atoms with Crippen LogP contribution in [0.25, 0.3) is 23.3 Å². The van der Waals surface area contributed by atoms with Crippen molar-refractivity contribution in [2.75, 3.05) is 27.3 Å². The Hall–Kier alpha value is -3.04. The number of hydrogen-bond donors (Lipinski definition) is 0. The molecular formula is C28H31NO2. The summed E-state index contributed by atoms with van der Waals surface area (Å²) in [5, 5.41) is 0. The Bertz CT molecular complexity index is 1020. The van der Waals surface area contributed by atoms with Crippen molar-refractivity contribution in [3.05, 3.63) is 82.9 Å². The smallest absolute Gasteiger partial charge is 0.127 e. The third-order valence-electron chi connectivity index (χ3n) is 6.13. The monoisotopic (exact) mass is 413 g/mol. The molecule has 0 atom stereocenters. The fourth-order valence-electron chi connectivity index (χ4n) is 4.37. The largest absolute Gasteiger partial charge is 0.496 e. The summed E-state index contributed by atoms with van der Waals surface area (Å²) in [5.41, 5.74) is 7.19. The summed E-state index contributed by atoms with van der Waals surface area (Å²) in [7, 11) is 3.48. The number of likely N-dealkylation sites (tertiary alicyclic amines) is 1. The van der Waals surface area contributed by atoms with Gasteiger partial charge in [0.1, 0.15) is 11.5 Å². The highest BCUT2D eigenvalue weighted by Crippen LogP contribution is 2.34. The Morgan fingerprint density at radius 3 is 2.16 bits per heavy atom. The van der Waals surface area contributed by atoms with Gasteiger partial charge < -0.3 is 9.47 Å². The molecule has 0 bridgehead atoms. The Kier molecular flexibility index (Phi) is 6.73. The van der Waals surface area contributed by atoms with Crippen LogP contribution in [0, 0.1) is 6.92 Å². The maximum Gasteiger partial charge on any atom is 0.127 e. The average Bonchev–Trinajstić information content (AvgIpc) is 3.32. The van der Waals surface area contributed by atoms with Gasteiger partial charge in [-0.05, 0) is 72.8 Å². The molecule has 1 aliphatic heterocycles. The van der Waals surface area contributed by atoms with Crippen molar-refractivity contribution in [2.45, 2.75) is 26.3 Å². The second kappa shape index (κ2) is 9.84. The van der Waals surface area contributed by atoms with Gasteiger partial charge in [-0.3, -0.25) is 4.90 Å². The summed E-state index contributed by atoms with van der Waals surface area (Å²) in [6.45, 7) is 5.34. The van der Waals surface area contributed by atoms with Gasteiger partial charge in [-0.2, -0.15) is 0 Å². The Morgan fingerprint density at radius 2 is 1.52 bits per heavy atom. The van der Waals surface area contributed by atoms with Gasteiger partial charge in [0.05, 0.1) is 19.8 Å². The van der Waals surface area contributed by atoms with Crippen LogP contribution in [0.2, 0.25) is 0 Å². The number of methoxy groups -OCH3 is 2. The molecule has 0 N–H and O–H groups in total. The zero-order chi connectivity index (χ0) is 21.6. The second-order valence-corrected chi connectivity index (χ2v) is 8.11. The minimum Gasteiger partial charge on any atom is -0.496 e. The molecule has 1 saturated heterocycles. The fourth-order valence-corrected chi connectivity index (χ4v) is 4.37. The van der Waals surface area contributed by atoms with Gasteiger partial charge in [0, 0.05) is 6.54 Å². The lowest BCUT2D eigenvalue weighted by Gasteiger charge is -2.20. The van der Waals surface area contributed by atoms with Crippen molar-refractivity contribution in [1.82, 2.24) is 4.90 Å². The number of rotatable bonds is 7. The molecule has 0 aromatic heterocycles. The molecule has 31 heavy (non-hydrogen) atoms. The van der Waals surface area contributed by atoms with Crippen molar-refractivity contribution in [2.24, 2.45) is 0 Å². The van der Waals surface area contributed by atoms with Crippen molar-refractivity contribution in [1.29, 1.82) is 0 Å². The van der Waals surface area contributed by atoms with Crippen molar-refractivity contribution < 1.29 is 9.47 Å². The van der Waals surface area contributed by atoms with E-state index < -0.39 is 0 Å². The number of nitrogens with zero attached hydrogens (tertiary/aromatic N) is 1. The van der Waals surface area contributed by atoms with Crippen LogP contribution < -0.4 is 9.47 Å². The summed E-state index contributed by atoms with van der Waals surface area (Å²) >= 11 is 0. The van der Waals surface area contributed by atoms with Gasteiger partial charge in [0.2, 0.25) is 0 Å². The van der Waals surface area contributed by atoms with Crippen LogP contribution >= 0.6 is 0 Å². The molecule has 1 heterocycles. The molecule has 4 rings (SSSR count). The van der Waals surface area contributed by atoms with Crippen LogP contribution in [0.15, 0.2) is 60.7 Å². The maximum absolute atomic E-state index is 5.75. The van der Waals surface area contributed by atoms with E-state index in [1.165, 1.54) is 35.1 Å². The summed E-state index contributed by atoms with van der Waals surface area (Å²) < 4.78 is 11.5. The SMILES string of the molecule is COc1cc(/C=C/c2cccc(-c3ccccc3)c2C)cc(OC)c1CN1CCCC1. The van der Waals surface area contributed by atoms with Gasteiger partial charge >= 0.3 is 0 Å². The Balaban J connectivity index is 1.63. The molecule has 0 unspecified atom stereocenters. The van der Waals surface area contributed by atoms with E-state index >= 15 is 0 Å². The molecule has 0 amide bonds. The van der Waals surface area contributed by atoms with Crippen LogP contribution in [0.3, 0.4) is 0 Å². The van der Waals surface area contributed by atoms with E-state index in [9.17, 15) is 0 Å². The second-order valence-electron chi connectivity index (χ2n) is 8.11. The molecule has 0 aliphatic carbocycles. The first-order chi connectivity index (χ1) is 15.2. The molecule has 0 radical (unpaired) electrons. The molecule has 1 aliphatic rings. The molecule has 1 fully saturated rings. The first-order valence-electron chi connectivity index (χ1n) is 11.0. The highest BCUT2D eigenvalue weighted by atomic mass is 16.5. The van der Waals surface area contributed by atoms with E-state index in [2.05, 4.69) is 84.6 Å². The molecule has 3 aromatic carbocycles. The van der Waals surface area contributed by atoms with E-state index in [1.54, 1.807) is 14.2 Å². The van der Waals surface area contributed by atoms with E-state index in [1.807, 2.05) is 0 Å². The lowest BCUT2D eigenvalue weighted by molar-refractivity contribution is 0.309. The van der Waals surface area contributed by atoms with Gasteiger partial charge in [0.15, 0.2) is 0 Å². The van der Waals surface area contributed by atoms with E-state index in [0.717, 1.165) is 42.3 Å². The first kappa shape index (κ1) is 21.2. The summed E-state index contributed by atoms with van der Waals surface area (Å²) in [5.74, 6) is 1.78. The molecule has 160 valence electrons. The van der Waals surface area contributed by atoms with Gasteiger partial charge in [-0.1, -0.05) is 60.7 Å². The van der Waals surface area contributed by atoms with Crippen LogP contribution in [0.5, 0.6) is 11.5 Å². The number of hydrogen-bond acceptors (Lipinski definition) is 3. The molecular weight excluding hydrogens is 382 g/mol. The predicted molar refractivity (Wildman–Crippen MR) is 130 cm³/mol. The summed E-state index contributed by atoms with van der Waals surface area (Å²) in [6, 6.07) is 21.2. The van der Waals surface area contributed by atoms with Crippen molar-refractivity contribution >= 4 is 12.2 Å². The molecule has 0 spiro atoms. The zero-order valence-corrected chi connectivity index (χ0v) is 18.7. The van der Waals surface area contributed by atoms with Crippen LogP contribution in [-0.4, -0.2) is 32.2 Å². The lowest BCUT2D eigenvalue weighted by Crippen LogP contribution is -2.19. The summed E-state index contributed by atoms with van der Waals surface area (Å²) in [6.07, 6.45) is 6.86. The first-order valence-corrected chi connectivity index (χ1v) is 11.0. The molecule has 0 saturated carbocycles. The minimum absolute atomic E-state index is 0.870. The van der Waals surface area contributed by atoms with Gasteiger partial charge in [-0.15, -0.1) is 0 Å². The van der Waals surface area contributed by atoms with E-state index in [4.69, 9.17) is 9.47 Å². The normalized spacial score (nSPS) is 14.3. The molecule has 3 aromatic rings. The molecule has 3 heteroatoms. The van der Waals surface area contributed by atoms with Crippen LogP contribution in [-0.2, 0) is 6.54 Å². The molecule has 3 nitrogen and oxygen atoms in total. The quantitative estimate of drug-likeness (QED) is 0.416. The van der Waals surface area contributed by atoms with Gasteiger partial charge in [-0.25, -0.2) is 0 Å².